The minimum atomic E-state index is -0.410. The Morgan fingerprint density at radius 3 is 2.16 bits per heavy atom. The predicted molar refractivity (Wildman–Crippen MR) is 175 cm³/mol. The minimum Gasteiger partial charge on any atom is -0.368 e. The number of piperazine rings is 2. The molecular formula is C32H31ClFN7O3S. The van der Waals surface area contributed by atoms with Gasteiger partial charge < -0.3 is 19.6 Å². The Kier molecular flexibility index (Phi) is 9.31. The quantitative estimate of drug-likeness (QED) is 0.0777. The Bertz CT molecular complexity index is 1660. The van der Waals surface area contributed by atoms with Gasteiger partial charge in [-0.2, -0.15) is 0 Å². The molecule has 2 aliphatic rings. The van der Waals surface area contributed by atoms with Crippen molar-refractivity contribution in [2.45, 2.75) is 10.9 Å². The van der Waals surface area contributed by atoms with Crippen LogP contribution in [0.5, 0.6) is 0 Å². The Balaban J connectivity index is 1.00. The van der Waals surface area contributed by atoms with Crippen LogP contribution in [0.15, 0.2) is 84.0 Å². The summed E-state index contributed by atoms with van der Waals surface area (Å²) >= 11 is 7.84. The predicted octanol–water partition coefficient (Wildman–Crippen LogP) is 5.76. The number of thioether (sulfide) groups is 1. The van der Waals surface area contributed by atoms with E-state index in [0.29, 0.717) is 79.7 Å². The monoisotopic (exact) mass is 647 g/mol. The fourth-order valence-corrected chi connectivity index (χ4v) is 6.56. The van der Waals surface area contributed by atoms with Gasteiger partial charge in [0.1, 0.15) is 16.8 Å². The maximum Gasteiger partial charge on any atom is 0.269 e. The molecule has 1 aromatic heterocycles. The molecule has 3 heterocycles. The number of benzene rings is 3. The number of nitro groups is 1. The molecule has 13 heteroatoms. The molecule has 2 fully saturated rings. The summed E-state index contributed by atoms with van der Waals surface area (Å²) in [5.74, 6) is 1.13. The maximum absolute atomic E-state index is 14.2. The Labute approximate surface area is 269 Å². The number of rotatable bonds is 8. The first kappa shape index (κ1) is 30.6. The lowest BCUT2D eigenvalue weighted by molar-refractivity contribution is -0.384. The third-order valence-electron chi connectivity index (χ3n) is 8.02. The van der Waals surface area contributed by atoms with Crippen molar-refractivity contribution in [1.29, 1.82) is 0 Å². The second-order valence-corrected chi connectivity index (χ2v) is 12.1. The van der Waals surface area contributed by atoms with E-state index in [1.54, 1.807) is 30.3 Å². The van der Waals surface area contributed by atoms with E-state index in [2.05, 4.69) is 14.8 Å². The summed E-state index contributed by atoms with van der Waals surface area (Å²) in [5.41, 5.74) is 3.25. The summed E-state index contributed by atoms with van der Waals surface area (Å²) in [4.78, 5) is 41.0. The third-order valence-corrected chi connectivity index (χ3v) is 9.13. The van der Waals surface area contributed by atoms with Crippen molar-refractivity contribution in [3.63, 3.8) is 0 Å². The van der Waals surface area contributed by atoms with Gasteiger partial charge in [-0.25, -0.2) is 14.4 Å². The van der Waals surface area contributed by atoms with Crippen LogP contribution in [0.3, 0.4) is 0 Å². The molecule has 0 aliphatic carbocycles. The first-order valence-electron chi connectivity index (χ1n) is 14.6. The number of para-hydroxylation sites is 1. The van der Waals surface area contributed by atoms with E-state index in [0.717, 1.165) is 17.1 Å². The second kappa shape index (κ2) is 13.7. The molecule has 0 atom stereocenters. The zero-order valence-corrected chi connectivity index (χ0v) is 26.0. The van der Waals surface area contributed by atoms with Gasteiger partial charge in [-0.15, -0.1) is 0 Å². The van der Waals surface area contributed by atoms with E-state index in [1.807, 2.05) is 40.1 Å². The Morgan fingerprint density at radius 1 is 0.844 bits per heavy atom. The summed E-state index contributed by atoms with van der Waals surface area (Å²) in [6, 6.07) is 22.7. The van der Waals surface area contributed by atoms with E-state index in [9.17, 15) is 19.3 Å². The zero-order valence-electron chi connectivity index (χ0n) is 24.4. The number of nitro benzene ring substituents is 1. The maximum atomic E-state index is 14.2. The van der Waals surface area contributed by atoms with Gasteiger partial charge >= 0.3 is 0 Å². The van der Waals surface area contributed by atoms with Gasteiger partial charge in [-0.3, -0.25) is 14.9 Å². The molecule has 1 amide bonds. The summed E-state index contributed by atoms with van der Waals surface area (Å²) < 4.78 is 14.2. The van der Waals surface area contributed by atoms with Crippen molar-refractivity contribution in [3.05, 3.63) is 111 Å². The van der Waals surface area contributed by atoms with E-state index in [1.165, 1.54) is 30.0 Å². The number of hydrogen-bond donors (Lipinski definition) is 0. The highest BCUT2D eigenvalue weighted by Crippen LogP contribution is 2.27. The van der Waals surface area contributed by atoms with Crippen molar-refractivity contribution in [2.24, 2.45) is 0 Å². The molecule has 2 saturated heterocycles. The Morgan fingerprint density at radius 2 is 1.49 bits per heavy atom. The van der Waals surface area contributed by atoms with Crippen molar-refractivity contribution in [2.75, 3.05) is 67.1 Å². The van der Waals surface area contributed by atoms with Gasteiger partial charge in [0.2, 0.25) is 0 Å². The van der Waals surface area contributed by atoms with Gasteiger partial charge in [-0.1, -0.05) is 47.6 Å². The molecule has 0 bridgehead atoms. The number of amides is 1. The summed E-state index contributed by atoms with van der Waals surface area (Å²) in [6.07, 6.45) is 0. The molecule has 0 radical (unpaired) electrons. The van der Waals surface area contributed by atoms with Crippen LogP contribution in [0.4, 0.5) is 27.3 Å². The fraction of sp³-hybridized carbons (Fsp3) is 0.281. The minimum absolute atomic E-state index is 0.0181. The van der Waals surface area contributed by atoms with Crippen LogP contribution in [-0.4, -0.2) is 78.1 Å². The largest absolute Gasteiger partial charge is 0.368 e. The molecule has 4 aromatic rings. The molecule has 0 unspecified atom stereocenters. The second-order valence-electron chi connectivity index (χ2n) is 10.8. The van der Waals surface area contributed by atoms with E-state index < -0.39 is 4.92 Å². The van der Waals surface area contributed by atoms with E-state index >= 15 is 0 Å². The number of nitrogens with zero attached hydrogens (tertiary/aromatic N) is 7. The van der Waals surface area contributed by atoms with Gasteiger partial charge in [0.25, 0.3) is 11.6 Å². The van der Waals surface area contributed by atoms with Gasteiger partial charge in [0.05, 0.1) is 10.6 Å². The van der Waals surface area contributed by atoms with E-state index in [4.69, 9.17) is 16.6 Å². The van der Waals surface area contributed by atoms with Crippen molar-refractivity contribution in [1.82, 2.24) is 14.9 Å². The van der Waals surface area contributed by atoms with Gasteiger partial charge in [-0.05, 0) is 42.0 Å². The number of carbonyl (C=O) groups is 1. The van der Waals surface area contributed by atoms with Crippen LogP contribution in [0, 0.1) is 15.9 Å². The van der Waals surface area contributed by atoms with Crippen LogP contribution in [0.25, 0.3) is 0 Å². The summed E-state index contributed by atoms with van der Waals surface area (Å²) in [5, 5.41) is 11.9. The zero-order chi connectivity index (χ0) is 31.3. The number of halogens is 2. The SMILES string of the molecule is O=C(c1ccc(CSc2nc(Cl)cc(N3CCN(c4ccccc4F)CC3)n2)cc1)N1CCN(c2ccc([N+](=O)[O-])cc2)CC1. The number of aromatic nitrogens is 2. The Hall–Kier alpha value is -4.42. The lowest BCUT2D eigenvalue weighted by atomic mass is 10.1. The average Bonchev–Trinajstić information content (AvgIpc) is 3.07. The highest BCUT2D eigenvalue weighted by atomic mass is 35.5. The first-order valence-corrected chi connectivity index (χ1v) is 16.0. The first-order chi connectivity index (χ1) is 21.8. The highest BCUT2D eigenvalue weighted by Gasteiger charge is 2.24. The summed E-state index contributed by atoms with van der Waals surface area (Å²) in [6.45, 7) is 5.17. The van der Waals surface area contributed by atoms with E-state index in [-0.39, 0.29) is 17.4 Å². The normalized spacial score (nSPS) is 15.3. The third kappa shape index (κ3) is 7.29. The topological polar surface area (TPSA) is 99.0 Å². The lowest BCUT2D eigenvalue weighted by Gasteiger charge is -2.36. The van der Waals surface area contributed by atoms with Crippen LogP contribution >= 0.6 is 23.4 Å². The molecule has 10 nitrogen and oxygen atoms in total. The molecular weight excluding hydrogens is 617 g/mol. The molecule has 0 saturated carbocycles. The van der Waals surface area contributed by atoms with Gasteiger partial charge in [0.15, 0.2) is 5.16 Å². The summed E-state index contributed by atoms with van der Waals surface area (Å²) in [7, 11) is 0. The van der Waals surface area contributed by atoms with Crippen molar-refractivity contribution < 1.29 is 14.1 Å². The van der Waals surface area contributed by atoms with Crippen LogP contribution in [0.1, 0.15) is 15.9 Å². The van der Waals surface area contributed by atoms with Crippen LogP contribution in [0.2, 0.25) is 5.15 Å². The highest BCUT2D eigenvalue weighted by molar-refractivity contribution is 7.98. The van der Waals surface area contributed by atoms with Crippen molar-refractivity contribution >= 4 is 52.2 Å². The fourth-order valence-electron chi connectivity index (χ4n) is 5.52. The molecule has 232 valence electrons. The standard InChI is InChI=1S/C32H31ClFN7O3S/c33-29-21-30(39-17-15-38(16-18-39)28-4-2-1-3-27(28)34)36-32(35-29)45-22-23-5-7-24(8-6-23)31(42)40-19-13-37(14-20-40)25-9-11-26(12-10-25)41(43)44/h1-12,21H,13-20,22H2. The smallest absolute Gasteiger partial charge is 0.269 e. The van der Waals surface area contributed by atoms with Crippen LogP contribution in [-0.2, 0) is 5.75 Å². The molecule has 0 spiro atoms. The lowest BCUT2D eigenvalue weighted by Crippen LogP contribution is -2.48. The molecule has 2 aliphatic heterocycles. The van der Waals surface area contributed by atoms with Crippen LogP contribution < -0.4 is 14.7 Å². The molecule has 0 N–H and O–H groups in total. The number of non-ortho nitro benzene ring substituents is 1. The van der Waals surface area contributed by atoms with Gasteiger partial charge in [0, 0.05) is 87.6 Å². The molecule has 45 heavy (non-hydrogen) atoms. The molecule has 6 rings (SSSR count). The molecule has 3 aromatic carbocycles. The number of hydrogen-bond acceptors (Lipinski definition) is 9. The number of anilines is 3. The number of carbonyl (C=O) groups excluding carboxylic acids is 1. The van der Waals surface area contributed by atoms with Crippen molar-refractivity contribution in [3.8, 4) is 0 Å². The average molecular weight is 648 g/mol.